The van der Waals surface area contributed by atoms with Crippen LogP contribution in [0.1, 0.15) is 17.3 Å². The summed E-state index contributed by atoms with van der Waals surface area (Å²) in [6.45, 7) is 0.261. The number of carbonyl (C=O) groups is 2. The number of carbonyl (C=O) groups excluding carboxylic acids is 2. The van der Waals surface area contributed by atoms with Crippen molar-refractivity contribution < 1.29 is 32.3 Å². The van der Waals surface area contributed by atoms with Crippen molar-refractivity contribution in [3.63, 3.8) is 0 Å². The second-order valence-corrected chi connectivity index (χ2v) is 8.08. The molecule has 0 aliphatic rings. The number of anilines is 1. The molecule has 0 aliphatic heterocycles. The first-order valence-electron chi connectivity index (χ1n) is 8.34. The van der Waals surface area contributed by atoms with Crippen LogP contribution in [0.25, 0.3) is 0 Å². The highest BCUT2D eigenvalue weighted by Gasteiger charge is 2.55. The molecule has 0 aromatic heterocycles. The summed E-state index contributed by atoms with van der Waals surface area (Å²) in [7, 11) is 3.23. The summed E-state index contributed by atoms with van der Waals surface area (Å²) in [4.78, 5) is 25.9. The van der Waals surface area contributed by atoms with Gasteiger partial charge in [0.1, 0.15) is 0 Å². The monoisotopic (exact) mass is 464 g/mol. The van der Waals surface area contributed by atoms with E-state index in [-0.39, 0.29) is 17.7 Å². The van der Waals surface area contributed by atoms with Crippen molar-refractivity contribution >= 4 is 40.9 Å². The predicted molar refractivity (Wildman–Crippen MR) is 105 cm³/mol. The Morgan fingerprint density at radius 1 is 1.10 bits per heavy atom. The Bertz CT molecular complexity index is 963. The zero-order valence-corrected chi connectivity index (χ0v) is 17.5. The average molecular weight is 465 g/mol. The molecule has 0 saturated heterocycles. The Morgan fingerprint density at radius 2 is 1.67 bits per heavy atom. The van der Waals surface area contributed by atoms with Gasteiger partial charge in [0.2, 0.25) is 5.60 Å². The van der Waals surface area contributed by atoms with Gasteiger partial charge in [-0.15, -0.1) is 0 Å². The van der Waals surface area contributed by atoms with Gasteiger partial charge in [0.15, 0.2) is 5.82 Å². The lowest BCUT2D eigenvalue weighted by atomic mass is 10.1. The van der Waals surface area contributed by atoms with Gasteiger partial charge < -0.3 is 15.3 Å². The lowest BCUT2D eigenvalue weighted by Crippen LogP contribution is -2.52. The number of aliphatic hydroxyl groups is 1. The molecular formula is C19H17ClF4N2O3S. The second-order valence-electron chi connectivity index (χ2n) is 6.59. The molecule has 2 aromatic carbocycles. The van der Waals surface area contributed by atoms with Crippen LogP contribution in [0.5, 0.6) is 0 Å². The molecule has 0 unspecified atom stereocenters. The molecule has 0 fully saturated rings. The molecule has 0 bridgehead atoms. The fourth-order valence-corrected chi connectivity index (χ4v) is 3.25. The lowest BCUT2D eigenvalue weighted by Gasteiger charge is -2.25. The number of halogens is 5. The molecular weight excluding hydrogens is 448 g/mol. The van der Waals surface area contributed by atoms with E-state index in [1.165, 1.54) is 11.0 Å². The van der Waals surface area contributed by atoms with Crippen molar-refractivity contribution in [3.05, 3.63) is 52.8 Å². The van der Waals surface area contributed by atoms with Gasteiger partial charge in [-0.05, 0) is 43.3 Å². The van der Waals surface area contributed by atoms with Crippen LogP contribution in [-0.2, 0) is 4.79 Å². The summed E-state index contributed by atoms with van der Waals surface area (Å²) in [5.41, 5.74) is -3.85. The maximum atomic E-state index is 14.5. The molecule has 0 saturated carbocycles. The first-order valence-corrected chi connectivity index (χ1v) is 9.53. The summed E-state index contributed by atoms with van der Waals surface area (Å²) >= 11 is 7.02. The van der Waals surface area contributed by atoms with Crippen LogP contribution in [0.3, 0.4) is 0 Å². The minimum Gasteiger partial charge on any atom is -0.373 e. The van der Waals surface area contributed by atoms with Gasteiger partial charge in [0, 0.05) is 29.4 Å². The Hall–Kier alpha value is -2.30. The van der Waals surface area contributed by atoms with Crippen molar-refractivity contribution in [2.45, 2.75) is 28.5 Å². The smallest absolute Gasteiger partial charge is 0.373 e. The lowest BCUT2D eigenvalue weighted by molar-refractivity contribution is -0.242. The van der Waals surface area contributed by atoms with Gasteiger partial charge in [-0.3, -0.25) is 9.59 Å². The van der Waals surface area contributed by atoms with E-state index in [1.54, 1.807) is 43.7 Å². The van der Waals surface area contributed by atoms with Crippen molar-refractivity contribution in [2.75, 3.05) is 19.4 Å². The van der Waals surface area contributed by atoms with Crippen LogP contribution >= 0.6 is 23.4 Å². The highest BCUT2D eigenvalue weighted by Crippen LogP contribution is 2.38. The van der Waals surface area contributed by atoms with Crippen LogP contribution < -0.4 is 5.32 Å². The second kappa shape index (κ2) is 8.83. The molecule has 11 heteroatoms. The van der Waals surface area contributed by atoms with Gasteiger partial charge in [-0.1, -0.05) is 23.4 Å². The van der Waals surface area contributed by atoms with Gasteiger partial charge in [0.25, 0.3) is 11.8 Å². The van der Waals surface area contributed by atoms with Crippen molar-refractivity contribution in [3.8, 4) is 0 Å². The molecule has 0 aliphatic carbocycles. The summed E-state index contributed by atoms with van der Waals surface area (Å²) in [5, 5.41) is 10.6. The molecule has 0 radical (unpaired) electrons. The topological polar surface area (TPSA) is 69.6 Å². The Balaban J connectivity index is 2.21. The quantitative estimate of drug-likeness (QED) is 0.635. The van der Waals surface area contributed by atoms with Crippen LogP contribution in [0, 0.1) is 5.82 Å². The molecule has 2 amide bonds. The number of nitrogens with one attached hydrogen (secondary N) is 1. The molecule has 2 rings (SSSR count). The first-order chi connectivity index (χ1) is 13.8. The maximum Gasteiger partial charge on any atom is 0.426 e. The van der Waals surface area contributed by atoms with Crippen molar-refractivity contribution in [1.29, 1.82) is 0 Å². The summed E-state index contributed by atoms with van der Waals surface area (Å²) < 4.78 is 52.7. The Kier molecular flexibility index (Phi) is 7.05. The predicted octanol–water partition coefficient (Wildman–Crippen LogP) is 4.58. The van der Waals surface area contributed by atoms with E-state index >= 15 is 0 Å². The van der Waals surface area contributed by atoms with Crippen LogP contribution in [0.2, 0.25) is 5.02 Å². The third-order valence-electron chi connectivity index (χ3n) is 4.02. The van der Waals surface area contributed by atoms with Gasteiger partial charge in [-0.2, -0.15) is 13.2 Å². The standard InChI is InChI=1S/C19H17ClF4N2O3S/c1-18(29,19(22,23)24)17(28)25-12-8-9-13(14(20)15(12)21)30-11-6-4-10(5-7-11)16(27)26(2)3/h4-9,29H,1-3H3,(H,25,28)/t18-/m1/s1. The van der Waals surface area contributed by atoms with Crippen molar-refractivity contribution in [1.82, 2.24) is 4.90 Å². The van der Waals surface area contributed by atoms with E-state index < -0.39 is 34.2 Å². The molecule has 0 spiro atoms. The number of nitrogens with zero attached hydrogens (tertiary/aromatic N) is 1. The molecule has 5 nitrogen and oxygen atoms in total. The summed E-state index contributed by atoms with van der Waals surface area (Å²) in [6.07, 6.45) is -5.24. The zero-order chi connectivity index (χ0) is 22.9. The van der Waals surface area contributed by atoms with Crippen LogP contribution in [0.4, 0.5) is 23.2 Å². The summed E-state index contributed by atoms with van der Waals surface area (Å²) in [5.74, 6) is -3.18. The van der Waals surface area contributed by atoms with E-state index in [0.29, 0.717) is 10.5 Å². The number of alkyl halides is 3. The Morgan fingerprint density at radius 3 is 2.17 bits per heavy atom. The third-order valence-corrected chi connectivity index (χ3v) is 5.57. The van der Waals surface area contributed by atoms with Gasteiger partial charge in [0.05, 0.1) is 10.7 Å². The minimum absolute atomic E-state index is 0.189. The fourth-order valence-electron chi connectivity index (χ4n) is 2.13. The number of benzene rings is 2. The van der Waals surface area contributed by atoms with E-state index in [1.807, 2.05) is 0 Å². The molecule has 2 aromatic rings. The number of amides is 2. The Labute approximate surface area is 179 Å². The molecule has 162 valence electrons. The highest BCUT2D eigenvalue weighted by molar-refractivity contribution is 7.99. The largest absolute Gasteiger partial charge is 0.426 e. The SMILES string of the molecule is CN(C)C(=O)c1ccc(Sc2ccc(NC(=O)[C@@](C)(O)C(F)(F)F)c(F)c2Cl)cc1. The van der Waals surface area contributed by atoms with E-state index in [4.69, 9.17) is 11.6 Å². The normalized spacial score (nSPS) is 13.5. The van der Waals surface area contributed by atoms with E-state index in [2.05, 4.69) is 0 Å². The molecule has 30 heavy (non-hydrogen) atoms. The number of rotatable bonds is 5. The molecule has 2 N–H and O–H groups in total. The van der Waals surface area contributed by atoms with Crippen LogP contribution in [0.15, 0.2) is 46.2 Å². The first kappa shape index (κ1) is 24.0. The van der Waals surface area contributed by atoms with Crippen molar-refractivity contribution in [2.24, 2.45) is 0 Å². The molecule has 1 atom stereocenters. The molecule has 0 heterocycles. The van der Waals surface area contributed by atoms with E-state index in [0.717, 1.165) is 17.8 Å². The summed E-state index contributed by atoms with van der Waals surface area (Å²) in [6, 6.07) is 8.79. The minimum atomic E-state index is -5.24. The van der Waals surface area contributed by atoms with E-state index in [9.17, 15) is 32.3 Å². The third kappa shape index (κ3) is 5.05. The highest BCUT2D eigenvalue weighted by atomic mass is 35.5. The number of hydrogen-bond donors (Lipinski definition) is 2. The van der Waals surface area contributed by atoms with Gasteiger partial charge in [-0.25, -0.2) is 4.39 Å². The number of hydrogen-bond acceptors (Lipinski definition) is 4. The fraction of sp³-hybridized carbons (Fsp3) is 0.263. The maximum absolute atomic E-state index is 14.5. The van der Waals surface area contributed by atoms with Crippen LogP contribution in [-0.4, -0.2) is 47.7 Å². The van der Waals surface area contributed by atoms with Gasteiger partial charge >= 0.3 is 6.18 Å². The zero-order valence-electron chi connectivity index (χ0n) is 16.0. The average Bonchev–Trinajstić information content (AvgIpc) is 2.66.